The van der Waals surface area contributed by atoms with Crippen molar-refractivity contribution in [2.45, 2.75) is 36.6 Å². The smallest absolute Gasteiger partial charge is 0.133 e. The highest BCUT2D eigenvalue weighted by Gasteiger charge is 2.11. The summed E-state index contributed by atoms with van der Waals surface area (Å²) in [6.45, 7) is 4.27. The van der Waals surface area contributed by atoms with Gasteiger partial charge >= 0.3 is 0 Å². The first-order chi connectivity index (χ1) is 9.24. The monoisotopic (exact) mass is 273 g/mol. The second kappa shape index (κ2) is 6.57. The number of nitrogens with zero attached hydrogens (tertiary/aromatic N) is 2. The first-order valence-corrected chi connectivity index (χ1v) is 7.32. The molecule has 1 heterocycles. The zero-order chi connectivity index (χ0) is 13.7. The van der Waals surface area contributed by atoms with Crippen LogP contribution in [0.15, 0.2) is 40.5 Å². The molecule has 2 aromatic rings. The Morgan fingerprint density at radius 3 is 2.53 bits per heavy atom. The van der Waals surface area contributed by atoms with Crippen molar-refractivity contribution in [2.24, 2.45) is 0 Å². The molecule has 1 aromatic carbocycles. The highest BCUT2D eigenvalue weighted by Crippen LogP contribution is 2.31. The Hall–Kier alpha value is -1.55. The molecule has 0 aliphatic heterocycles. The van der Waals surface area contributed by atoms with E-state index in [9.17, 15) is 0 Å². The second-order valence-electron chi connectivity index (χ2n) is 4.42. The SMILES string of the molecule is CCCc1c(NC)ncnc1Sc1ccc(C)cc1. The van der Waals surface area contributed by atoms with E-state index in [0.717, 1.165) is 23.7 Å². The number of rotatable bonds is 5. The van der Waals surface area contributed by atoms with Crippen molar-refractivity contribution in [2.75, 3.05) is 12.4 Å². The molecule has 0 fully saturated rings. The van der Waals surface area contributed by atoms with E-state index in [1.165, 1.54) is 16.0 Å². The van der Waals surface area contributed by atoms with E-state index < -0.39 is 0 Å². The van der Waals surface area contributed by atoms with Crippen LogP contribution in [0.1, 0.15) is 24.5 Å². The molecule has 100 valence electrons. The fourth-order valence-electron chi connectivity index (χ4n) is 1.89. The van der Waals surface area contributed by atoms with Gasteiger partial charge in [-0.1, -0.05) is 42.8 Å². The van der Waals surface area contributed by atoms with Gasteiger partial charge in [0, 0.05) is 17.5 Å². The topological polar surface area (TPSA) is 37.8 Å². The first-order valence-electron chi connectivity index (χ1n) is 6.50. The molecule has 2 rings (SSSR count). The van der Waals surface area contributed by atoms with E-state index in [2.05, 4.69) is 53.4 Å². The number of hydrogen-bond donors (Lipinski definition) is 1. The van der Waals surface area contributed by atoms with Crippen LogP contribution in [-0.4, -0.2) is 17.0 Å². The van der Waals surface area contributed by atoms with Gasteiger partial charge in [-0.15, -0.1) is 0 Å². The van der Waals surface area contributed by atoms with Gasteiger partial charge in [0.15, 0.2) is 0 Å². The van der Waals surface area contributed by atoms with Crippen LogP contribution in [-0.2, 0) is 6.42 Å². The zero-order valence-electron chi connectivity index (χ0n) is 11.6. The Balaban J connectivity index is 2.30. The molecule has 0 aliphatic rings. The summed E-state index contributed by atoms with van der Waals surface area (Å²) in [4.78, 5) is 9.94. The quantitative estimate of drug-likeness (QED) is 0.838. The third-order valence-corrected chi connectivity index (χ3v) is 3.93. The fraction of sp³-hybridized carbons (Fsp3) is 0.333. The normalized spacial score (nSPS) is 10.5. The Labute approximate surface area is 118 Å². The summed E-state index contributed by atoms with van der Waals surface area (Å²) in [5.74, 6) is 0.937. The lowest BCUT2D eigenvalue weighted by atomic mass is 10.2. The van der Waals surface area contributed by atoms with Gasteiger partial charge in [-0.05, 0) is 25.5 Å². The molecule has 1 aromatic heterocycles. The van der Waals surface area contributed by atoms with Crippen LogP contribution in [0.4, 0.5) is 5.82 Å². The van der Waals surface area contributed by atoms with E-state index in [0.29, 0.717) is 0 Å². The maximum atomic E-state index is 4.44. The number of hydrogen-bond acceptors (Lipinski definition) is 4. The fourth-order valence-corrected chi connectivity index (χ4v) is 2.81. The summed E-state index contributed by atoms with van der Waals surface area (Å²) in [7, 11) is 1.90. The van der Waals surface area contributed by atoms with Crippen molar-refractivity contribution in [3.63, 3.8) is 0 Å². The molecule has 19 heavy (non-hydrogen) atoms. The van der Waals surface area contributed by atoms with Gasteiger partial charge in [0.1, 0.15) is 17.2 Å². The zero-order valence-corrected chi connectivity index (χ0v) is 12.4. The summed E-state index contributed by atoms with van der Waals surface area (Å²) < 4.78 is 0. The van der Waals surface area contributed by atoms with Gasteiger partial charge in [0.05, 0.1) is 0 Å². The summed E-state index contributed by atoms with van der Waals surface area (Å²) in [6.07, 6.45) is 3.70. The standard InChI is InChI=1S/C15H19N3S/c1-4-5-13-14(16-3)17-10-18-15(13)19-12-8-6-11(2)7-9-12/h6-10H,4-5H2,1-3H3,(H,16,17,18). The lowest BCUT2D eigenvalue weighted by Crippen LogP contribution is -2.02. The van der Waals surface area contributed by atoms with Crippen LogP contribution in [0.5, 0.6) is 0 Å². The van der Waals surface area contributed by atoms with Crippen molar-refractivity contribution in [3.8, 4) is 0 Å². The number of aromatic nitrogens is 2. The van der Waals surface area contributed by atoms with E-state index >= 15 is 0 Å². The third-order valence-electron chi connectivity index (χ3n) is 2.88. The Bertz CT molecular complexity index is 538. The van der Waals surface area contributed by atoms with Gasteiger partial charge in [0.25, 0.3) is 0 Å². The molecule has 0 spiro atoms. The highest BCUT2D eigenvalue weighted by molar-refractivity contribution is 7.99. The van der Waals surface area contributed by atoms with E-state index in [4.69, 9.17) is 0 Å². The molecule has 0 amide bonds. The molecule has 0 bridgehead atoms. The van der Waals surface area contributed by atoms with Crippen LogP contribution >= 0.6 is 11.8 Å². The van der Waals surface area contributed by atoms with E-state index in [1.54, 1.807) is 18.1 Å². The Morgan fingerprint density at radius 1 is 1.16 bits per heavy atom. The summed E-state index contributed by atoms with van der Waals surface area (Å²) in [5.41, 5.74) is 2.48. The summed E-state index contributed by atoms with van der Waals surface area (Å²) in [5, 5.41) is 4.20. The maximum absolute atomic E-state index is 4.44. The number of nitrogens with one attached hydrogen (secondary N) is 1. The lowest BCUT2D eigenvalue weighted by Gasteiger charge is -2.11. The Kier molecular flexibility index (Phi) is 4.80. The predicted octanol–water partition coefficient (Wildman–Crippen LogP) is 3.93. The molecule has 0 aliphatic carbocycles. The lowest BCUT2D eigenvalue weighted by molar-refractivity contribution is 0.858. The molecule has 0 unspecified atom stereocenters. The van der Waals surface area contributed by atoms with E-state index in [-0.39, 0.29) is 0 Å². The van der Waals surface area contributed by atoms with Gasteiger partial charge in [-0.3, -0.25) is 0 Å². The van der Waals surface area contributed by atoms with Crippen LogP contribution in [0.2, 0.25) is 0 Å². The molecular formula is C15H19N3S. The van der Waals surface area contributed by atoms with E-state index in [1.807, 2.05) is 7.05 Å². The minimum atomic E-state index is 0.937. The summed E-state index contributed by atoms with van der Waals surface area (Å²) >= 11 is 1.70. The molecule has 0 radical (unpaired) electrons. The minimum Gasteiger partial charge on any atom is -0.373 e. The maximum Gasteiger partial charge on any atom is 0.133 e. The Morgan fingerprint density at radius 2 is 1.89 bits per heavy atom. The van der Waals surface area contributed by atoms with Gasteiger partial charge in [-0.25, -0.2) is 9.97 Å². The number of anilines is 1. The third kappa shape index (κ3) is 3.47. The molecule has 0 saturated carbocycles. The van der Waals surface area contributed by atoms with Crippen molar-refractivity contribution in [3.05, 3.63) is 41.7 Å². The van der Waals surface area contributed by atoms with Crippen LogP contribution in [0.25, 0.3) is 0 Å². The van der Waals surface area contributed by atoms with Crippen LogP contribution in [0, 0.1) is 6.92 Å². The highest BCUT2D eigenvalue weighted by atomic mass is 32.2. The minimum absolute atomic E-state index is 0.937. The largest absolute Gasteiger partial charge is 0.373 e. The van der Waals surface area contributed by atoms with Crippen molar-refractivity contribution in [1.29, 1.82) is 0 Å². The van der Waals surface area contributed by atoms with Gasteiger partial charge < -0.3 is 5.32 Å². The van der Waals surface area contributed by atoms with Crippen LogP contribution in [0.3, 0.4) is 0 Å². The molecular weight excluding hydrogens is 254 g/mol. The predicted molar refractivity (Wildman–Crippen MR) is 80.9 cm³/mol. The first kappa shape index (κ1) is 13.9. The second-order valence-corrected chi connectivity index (χ2v) is 5.48. The molecule has 1 N–H and O–H groups in total. The van der Waals surface area contributed by atoms with Crippen LogP contribution < -0.4 is 5.32 Å². The average Bonchev–Trinajstić information content (AvgIpc) is 2.43. The molecule has 0 atom stereocenters. The molecule has 0 saturated heterocycles. The molecule has 4 heteroatoms. The molecule has 3 nitrogen and oxygen atoms in total. The van der Waals surface area contributed by atoms with Gasteiger partial charge in [0.2, 0.25) is 0 Å². The van der Waals surface area contributed by atoms with Crippen molar-refractivity contribution in [1.82, 2.24) is 9.97 Å². The van der Waals surface area contributed by atoms with Gasteiger partial charge in [-0.2, -0.15) is 0 Å². The average molecular weight is 273 g/mol. The van der Waals surface area contributed by atoms with Crippen molar-refractivity contribution < 1.29 is 0 Å². The number of aryl methyl sites for hydroxylation is 1. The van der Waals surface area contributed by atoms with Crippen molar-refractivity contribution >= 4 is 17.6 Å². The number of benzene rings is 1. The summed E-state index contributed by atoms with van der Waals surface area (Å²) in [6, 6.07) is 8.53.